The van der Waals surface area contributed by atoms with Crippen molar-refractivity contribution in [3.63, 3.8) is 0 Å². The topological polar surface area (TPSA) is 97.2 Å². The van der Waals surface area contributed by atoms with Gasteiger partial charge in [-0.1, -0.05) is 47.6 Å². The highest BCUT2D eigenvalue weighted by Gasteiger charge is 2.43. The van der Waals surface area contributed by atoms with Crippen molar-refractivity contribution in [1.29, 1.82) is 0 Å². The lowest BCUT2D eigenvalue weighted by molar-refractivity contribution is 0.0857. The summed E-state index contributed by atoms with van der Waals surface area (Å²) in [5.41, 5.74) is 6.86. The smallest absolute Gasteiger partial charge is 0.356 e. The number of amides is 1. The molecule has 7 rings (SSSR count). The minimum Gasteiger partial charge on any atom is -0.356 e. The molecule has 3 heterocycles. The number of carbonyl (C=O) groups excluding carboxylic acids is 1. The van der Waals surface area contributed by atoms with Crippen molar-refractivity contribution in [3.05, 3.63) is 134 Å². The van der Waals surface area contributed by atoms with E-state index in [-0.39, 0.29) is 18.1 Å². The Morgan fingerprint density at radius 3 is 2.31 bits per heavy atom. The Bertz CT molecular complexity index is 1830. The fraction of sp³-hybridized carbons (Fsp3) is 0.100. The van der Waals surface area contributed by atoms with Gasteiger partial charge in [0, 0.05) is 29.3 Å². The van der Waals surface area contributed by atoms with Crippen molar-refractivity contribution in [2.75, 3.05) is 0 Å². The number of nitrogens with one attached hydrogen (secondary N) is 2. The van der Waals surface area contributed by atoms with E-state index in [2.05, 4.69) is 20.0 Å². The van der Waals surface area contributed by atoms with Crippen LogP contribution < -0.4 is 11.1 Å². The number of benzene rings is 4. The monoisotopic (exact) mass is 523 g/mol. The molecule has 0 aliphatic carbocycles. The average Bonchev–Trinajstić information content (AvgIpc) is 3.65. The van der Waals surface area contributed by atoms with E-state index in [0.717, 1.165) is 33.9 Å². The number of rotatable bonds is 5. The standard InChI is InChI=1S/C30H19F2N3O4/c31-19-7-10-20(25(32)13-19)17-5-8-21-23(11-17)27-24-12-18(6-9-22(24)26(21)38-27)29(36)33-14-15-1-3-16(4-2-15)28-34-30(37)39-35-28/h1-13,26-27H,14H2,(H,33,36)(H,34,35,37)/t26-,27+/m0/s1. The van der Waals surface area contributed by atoms with Crippen LogP contribution in [0.2, 0.25) is 0 Å². The van der Waals surface area contributed by atoms with E-state index in [1.54, 1.807) is 18.2 Å². The maximum Gasteiger partial charge on any atom is 0.439 e. The van der Waals surface area contributed by atoms with Gasteiger partial charge in [-0.25, -0.2) is 13.6 Å². The SMILES string of the molecule is O=C(NCc1ccc(-c2noc(=O)[nH]2)cc1)c1ccc2c(c1)[C@@H]1O[C@H]2c2ccc(-c3ccc(F)cc3F)cc21. The third kappa shape index (κ3) is 3.95. The molecule has 0 radical (unpaired) electrons. The van der Waals surface area contributed by atoms with Gasteiger partial charge < -0.3 is 10.1 Å². The van der Waals surface area contributed by atoms with Crippen molar-refractivity contribution in [2.24, 2.45) is 0 Å². The summed E-state index contributed by atoms with van der Waals surface area (Å²) in [6, 6.07) is 21.9. The molecule has 39 heavy (non-hydrogen) atoms. The van der Waals surface area contributed by atoms with E-state index in [0.29, 0.717) is 34.6 Å². The van der Waals surface area contributed by atoms with Gasteiger partial charge in [0.25, 0.3) is 5.91 Å². The third-order valence-electron chi connectivity index (χ3n) is 7.20. The van der Waals surface area contributed by atoms with Crippen molar-refractivity contribution in [2.45, 2.75) is 18.8 Å². The molecule has 2 N–H and O–H groups in total. The molecule has 5 aromatic rings. The van der Waals surface area contributed by atoms with Crippen LogP contribution >= 0.6 is 0 Å². The molecule has 2 aliphatic heterocycles. The van der Waals surface area contributed by atoms with Crippen LogP contribution in [-0.2, 0) is 11.3 Å². The molecule has 0 unspecified atom stereocenters. The Hall–Kier alpha value is -4.89. The maximum atomic E-state index is 14.4. The molecule has 0 saturated heterocycles. The zero-order chi connectivity index (χ0) is 26.7. The lowest BCUT2D eigenvalue weighted by Crippen LogP contribution is -2.23. The number of nitrogens with zero attached hydrogens (tertiary/aromatic N) is 1. The second-order valence-corrected chi connectivity index (χ2v) is 9.53. The number of hydrogen-bond acceptors (Lipinski definition) is 5. The number of carbonyl (C=O) groups is 1. The molecule has 0 saturated carbocycles. The second kappa shape index (κ2) is 8.85. The molecule has 9 heteroatoms. The minimum atomic E-state index is -0.625. The van der Waals surface area contributed by atoms with Crippen LogP contribution in [0.5, 0.6) is 0 Å². The largest absolute Gasteiger partial charge is 0.439 e. The summed E-state index contributed by atoms with van der Waals surface area (Å²) in [6.07, 6.45) is -0.617. The first kappa shape index (κ1) is 23.2. The van der Waals surface area contributed by atoms with E-state index in [1.807, 2.05) is 42.5 Å². The molecule has 0 spiro atoms. The number of halogens is 2. The number of aromatic nitrogens is 2. The minimum absolute atomic E-state index is 0.229. The number of ether oxygens (including phenoxy) is 1. The predicted molar refractivity (Wildman–Crippen MR) is 137 cm³/mol. The van der Waals surface area contributed by atoms with Gasteiger partial charge >= 0.3 is 5.76 Å². The molecule has 1 aromatic heterocycles. The van der Waals surface area contributed by atoms with E-state index in [4.69, 9.17) is 4.74 Å². The molecule has 2 aliphatic rings. The summed E-state index contributed by atoms with van der Waals surface area (Å²) in [7, 11) is 0. The summed E-state index contributed by atoms with van der Waals surface area (Å²) >= 11 is 0. The zero-order valence-electron chi connectivity index (χ0n) is 20.2. The first-order chi connectivity index (χ1) is 18.9. The van der Waals surface area contributed by atoms with Crippen molar-refractivity contribution < 1.29 is 22.8 Å². The highest BCUT2D eigenvalue weighted by atomic mass is 19.1. The Labute approximate surface area is 220 Å². The number of aromatic amines is 1. The first-order valence-corrected chi connectivity index (χ1v) is 12.3. The van der Waals surface area contributed by atoms with Gasteiger partial charge in [-0.15, -0.1) is 0 Å². The molecule has 2 atom stereocenters. The lowest BCUT2D eigenvalue weighted by Gasteiger charge is -2.18. The van der Waals surface area contributed by atoms with Gasteiger partial charge in [-0.3, -0.25) is 14.3 Å². The predicted octanol–water partition coefficient (Wildman–Crippen LogP) is 5.43. The summed E-state index contributed by atoms with van der Waals surface area (Å²) in [5.74, 6) is -1.77. The van der Waals surface area contributed by atoms with Crippen LogP contribution in [0.4, 0.5) is 8.78 Å². The molecule has 1 amide bonds. The van der Waals surface area contributed by atoms with Crippen molar-refractivity contribution in [1.82, 2.24) is 15.5 Å². The van der Waals surface area contributed by atoms with Gasteiger partial charge in [0.1, 0.15) is 23.8 Å². The number of H-pyrrole nitrogens is 1. The number of hydrogen-bond donors (Lipinski definition) is 2. The highest BCUT2D eigenvalue weighted by Crippen LogP contribution is 2.54. The summed E-state index contributed by atoms with van der Waals surface area (Å²) in [4.78, 5) is 26.6. The van der Waals surface area contributed by atoms with Gasteiger partial charge in [0.2, 0.25) is 0 Å². The third-order valence-corrected chi connectivity index (χ3v) is 7.20. The van der Waals surface area contributed by atoms with E-state index < -0.39 is 17.4 Å². The lowest BCUT2D eigenvalue weighted by atomic mass is 9.83. The Morgan fingerprint density at radius 2 is 1.56 bits per heavy atom. The fourth-order valence-corrected chi connectivity index (χ4v) is 5.30. The van der Waals surface area contributed by atoms with Crippen LogP contribution in [-0.4, -0.2) is 16.0 Å². The Morgan fingerprint density at radius 1 is 0.846 bits per heavy atom. The molecule has 0 fully saturated rings. The van der Waals surface area contributed by atoms with Gasteiger partial charge in [0.15, 0.2) is 5.82 Å². The Kier molecular flexibility index (Phi) is 5.27. The van der Waals surface area contributed by atoms with Crippen LogP contribution in [0.25, 0.3) is 22.5 Å². The zero-order valence-corrected chi connectivity index (χ0v) is 20.2. The highest BCUT2D eigenvalue weighted by molar-refractivity contribution is 5.94. The summed E-state index contributed by atoms with van der Waals surface area (Å²) in [5, 5.41) is 6.59. The molecular weight excluding hydrogens is 504 g/mol. The molecule has 4 aromatic carbocycles. The number of fused-ring (bicyclic) bond motifs is 8. The molecule has 2 bridgehead atoms. The maximum absolute atomic E-state index is 14.4. The second-order valence-electron chi connectivity index (χ2n) is 9.53. The van der Waals surface area contributed by atoms with Crippen LogP contribution in [0.1, 0.15) is 50.4 Å². The summed E-state index contributed by atoms with van der Waals surface area (Å²) < 4.78 is 38.6. The van der Waals surface area contributed by atoms with E-state index in [9.17, 15) is 18.4 Å². The Balaban J connectivity index is 1.09. The molecular formula is C30H19F2N3O4. The molecule has 7 nitrogen and oxygen atoms in total. The fourth-order valence-electron chi connectivity index (χ4n) is 5.30. The van der Waals surface area contributed by atoms with Crippen molar-refractivity contribution in [3.8, 4) is 22.5 Å². The van der Waals surface area contributed by atoms with Crippen molar-refractivity contribution >= 4 is 5.91 Å². The van der Waals surface area contributed by atoms with Crippen LogP contribution in [0.15, 0.2) is 88.2 Å². The van der Waals surface area contributed by atoms with Crippen LogP contribution in [0.3, 0.4) is 0 Å². The quantitative estimate of drug-likeness (QED) is 0.320. The van der Waals surface area contributed by atoms with Crippen LogP contribution in [0, 0.1) is 11.6 Å². The first-order valence-electron chi connectivity index (χ1n) is 12.3. The summed E-state index contributed by atoms with van der Waals surface area (Å²) in [6.45, 7) is 0.309. The normalized spacial score (nSPS) is 16.7. The van der Waals surface area contributed by atoms with Gasteiger partial charge in [-0.2, -0.15) is 0 Å². The van der Waals surface area contributed by atoms with E-state index in [1.165, 1.54) is 12.1 Å². The average molecular weight is 523 g/mol. The van der Waals surface area contributed by atoms with Gasteiger partial charge in [0.05, 0.1) is 0 Å². The van der Waals surface area contributed by atoms with E-state index >= 15 is 0 Å². The molecule has 192 valence electrons. The van der Waals surface area contributed by atoms with Gasteiger partial charge in [-0.05, 0) is 63.7 Å².